The molecule has 0 fully saturated rings. The van der Waals surface area contributed by atoms with Crippen molar-refractivity contribution < 1.29 is 24.5 Å². The maximum Gasteiger partial charge on any atom is 0.333 e. The van der Waals surface area contributed by atoms with Crippen LogP contribution in [0.15, 0.2) is 24.3 Å². The Balaban J connectivity index is 4.09. The summed E-state index contributed by atoms with van der Waals surface area (Å²) in [6, 6.07) is 0. The van der Waals surface area contributed by atoms with Gasteiger partial charge in [-0.2, -0.15) is 0 Å². The monoisotopic (exact) mass is 284 g/mol. The van der Waals surface area contributed by atoms with Gasteiger partial charge in [-0.3, -0.25) is 0 Å². The SMILES string of the molecule is C=C(CCCOC(=O)C(=C)C(CCC)CCO)C(=O)O. The minimum Gasteiger partial charge on any atom is -0.478 e. The van der Waals surface area contributed by atoms with Crippen molar-refractivity contribution in [2.75, 3.05) is 13.2 Å². The number of aliphatic hydroxyl groups is 1. The lowest BCUT2D eigenvalue weighted by Gasteiger charge is -2.16. The molecule has 1 atom stereocenters. The van der Waals surface area contributed by atoms with Crippen LogP contribution in [-0.4, -0.2) is 35.4 Å². The number of aliphatic carboxylic acids is 1. The molecule has 0 aliphatic carbocycles. The summed E-state index contributed by atoms with van der Waals surface area (Å²) in [7, 11) is 0. The van der Waals surface area contributed by atoms with Crippen molar-refractivity contribution in [3.63, 3.8) is 0 Å². The quantitative estimate of drug-likeness (QED) is 0.345. The maximum absolute atomic E-state index is 11.8. The molecule has 0 saturated carbocycles. The van der Waals surface area contributed by atoms with Crippen LogP contribution in [0.4, 0.5) is 0 Å². The van der Waals surface area contributed by atoms with Gasteiger partial charge in [0.05, 0.1) is 6.61 Å². The van der Waals surface area contributed by atoms with Crippen LogP contribution in [0.5, 0.6) is 0 Å². The number of ether oxygens (including phenoxy) is 1. The lowest BCUT2D eigenvalue weighted by atomic mass is 9.92. The number of carboxylic acids is 1. The summed E-state index contributed by atoms with van der Waals surface area (Å²) in [5, 5.41) is 17.6. The highest BCUT2D eigenvalue weighted by Crippen LogP contribution is 2.20. The van der Waals surface area contributed by atoms with Gasteiger partial charge in [-0.05, 0) is 31.6 Å². The first-order chi connectivity index (χ1) is 9.43. The third kappa shape index (κ3) is 7.09. The third-order valence-corrected chi connectivity index (χ3v) is 3.03. The Hall–Kier alpha value is -1.62. The molecular weight excluding hydrogens is 260 g/mol. The minimum atomic E-state index is -1.04. The van der Waals surface area contributed by atoms with Gasteiger partial charge < -0.3 is 14.9 Å². The number of rotatable bonds is 11. The predicted molar refractivity (Wildman–Crippen MR) is 76.2 cm³/mol. The Labute approximate surface area is 119 Å². The Kier molecular flexibility index (Phi) is 9.38. The third-order valence-electron chi connectivity index (χ3n) is 3.03. The molecule has 0 heterocycles. The van der Waals surface area contributed by atoms with Gasteiger partial charge in [-0.1, -0.05) is 26.5 Å². The molecule has 0 aromatic heterocycles. The van der Waals surface area contributed by atoms with E-state index in [2.05, 4.69) is 13.2 Å². The first-order valence-corrected chi connectivity index (χ1v) is 6.81. The molecule has 0 spiro atoms. The number of carboxylic acid groups (broad SMARTS) is 1. The van der Waals surface area contributed by atoms with E-state index in [1.807, 2.05) is 6.92 Å². The molecule has 114 valence electrons. The largest absolute Gasteiger partial charge is 0.478 e. The molecule has 5 heteroatoms. The van der Waals surface area contributed by atoms with Crippen LogP contribution in [0.2, 0.25) is 0 Å². The molecule has 0 aromatic rings. The highest BCUT2D eigenvalue weighted by atomic mass is 16.5. The molecular formula is C15H24O5. The fourth-order valence-corrected chi connectivity index (χ4v) is 1.81. The van der Waals surface area contributed by atoms with Crippen LogP contribution in [0.1, 0.15) is 39.0 Å². The van der Waals surface area contributed by atoms with Crippen molar-refractivity contribution in [1.82, 2.24) is 0 Å². The minimum absolute atomic E-state index is 0.00933. The van der Waals surface area contributed by atoms with Gasteiger partial charge in [0, 0.05) is 17.8 Å². The van der Waals surface area contributed by atoms with E-state index in [1.54, 1.807) is 0 Å². The van der Waals surface area contributed by atoms with Gasteiger partial charge >= 0.3 is 11.9 Å². The molecule has 0 aliphatic heterocycles. The summed E-state index contributed by atoms with van der Waals surface area (Å²) < 4.78 is 5.05. The molecule has 1 unspecified atom stereocenters. The normalized spacial score (nSPS) is 11.7. The second-order valence-corrected chi connectivity index (χ2v) is 4.67. The summed E-state index contributed by atoms with van der Waals surface area (Å²) in [5.41, 5.74) is 0.474. The van der Waals surface area contributed by atoms with Crippen LogP contribution in [-0.2, 0) is 14.3 Å². The molecule has 5 nitrogen and oxygen atoms in total. The van der Waals surface area contributed by atoms with Crippen LogP contribution in [0.25, 0.3) is 0 Å². The Morgan fingerprint density at radius 2 is 1.90 bits per heavy atom. The number of esters is 1. The summed E-state index contributed by atoms with van der Waals surface area (Å²) in [4.78, 5) is 22.3. The second-order valence-electron chi connectivity index (χ2n) is 4.67. The van der Waals surface area contributed by atoms with Gasteiger partial charge in [0.2, 0.25) is 0 Å². The van der Waals surface area contributed by atoms with E-state index in [0.29, 0.717) is 18.4 Å². The number of hydrogen-bond donors (Lipinski definition) is 2. The molecule has 0 saturated heterocycles. The molecule has 2 N–H and O–H groups in total. The molecule has 0 bridgehead atoms. The first kappa shape index (κ1) is 18.4. The van der Waals surface area contributed by atoms with E-state index in [9.17, 15) is 9.59 Å². The van der Waals surface area contributed by atoms with E-state index < -0.39 is 11.9 Å². The fourth-order valence-electron chi connectivity index (χ4n) is 1.81. The zero-order valence-corrected chi connectivity index (χ0v) is 12.1. The lowest BCUT2D eigenvalue weighted by Crippen LogP contribution is -2.17. The topological polar surface area (TPSA) is 83.8 Å². The van der Waals surface area contributed by atoms with Gasteiger partial charge in [0.15, 0.2) is 0 Å². The first-order valence-electron chi connectivity index (χ1n) is 6.81. The zero-order chi connectivity index (χ0) is 15.5. The molecule has 0 radical (unpaired) electrons. The Morgan fingerprint density at radius 1 is 1.25 bits per heavy atom. The van der Waals surface area contributed by atoms with Crippen molar-refractivity contribution in [3.8, 4) is 0 Å². The average Bonchev–Trinajstić information content (AvgIpc) is 2.41. The number of carbonyl (C=O) groups is 2. The second kappa shape index (κ2) is 10.2. The van der Waals surface area contributed by atoms with Gasteiger partial charge in [-0.25, -0.2) is 9.59 Å². The van der Waals surface area contributed by atoms with Gasteiger partial charge in [-0.15, -0.1) is 0 Å². The Bertz CT molecular complexity index is 353. The zero-order valence-electron chi connectivity index (χ0n) is 12.1. The van der Waals surface area contributed by atoms with Crippen LogP contribution in [0.3, 0.4) is 0 Å². The average molecular weight is 284 g/mol. The molecule has 0 aromatic carbocycles. The van der Waals surface area contributed by atoms with Crippen LogP contribution in [0, 0.1) is 5.92 Å². The highest BCUT2D eigenvalue weighted by molar-refractivity contribution is 5.88. The van der Waals surface area contributed by atoms with Crippen molar-refractivity contribution in [1.29, 1.82) is 0 Å². The van der Waals surface area contributed by atoms with Crippen molar-refractivity contribution in [2.24, 2.45) is 5.92 Å². The standard InChI is InChI=1S/C15H24O5/c1-4-6-13(8-9-16)12(3)15(19)20-10-5-7-11(2)14(17)18/h13,16H,2-10H2,1H3,(H,17,18). The van der Waals surface area contributed by atoms with Crippen LogP contribution >= 0.6 is 0 Å². The predicted octanol–water partition coefficient (Wildman–Crippen LogP) is 2.31. The van der Waals surface area contributed by atoms with E-state index in [4.69, 9.17) is 14.9 Å². The molecule has 0 rings (SSSR count). The Morgan fingerprint density at radius 3 is 2.40 bits per heavy atom. The van der Waals surface area contributed by atoms with Crippen molar-refractivity contribution in [2.45, 2.75) is 39.0 Å². The highest BCUT2D eigenvalue weighted by Gasteiger charge is 2.19. The van der Waals surface area contributed by atoms with Crippen LogP contribution < -0.4 is 0 Å². The molecule has 0 amide bonds. The van der Waals surface area contributed by atoms with Crippen molar-refractivity contribution in [3.05, 3.63) is 24.3 Å². The fraction of sp³-hybridized carbons (Fsp3) is 0.600. The number of hydrogen-bond acceptors (Lipinski definition) is 4. The summed E-state index contributed by atoms with van der Waals surface area (Å²) >= 11 is 0. The number of carbonyl (C=O) groups excluding carboxylic acids is 1. The van der Waals surface area contributed by atoms with Gasteiger partial charge in [0.25, 0.3) is 0 Å². The van der Waals surface area contributed by atoms with E-state index in [1.165, 1.54) is 0 Å². The van der Waals surface area contributed by atoms with E-state index >= 15 is 0 Å². The summed E-state index contributed by atoms with van der Waals surface area (Å²) in [5.74, 6) is -1.57. The smallest absolute Gasteiger partial charge is 0.333 e. The van der Waals surface area contributed by atoms with E-state index in [-0.39, 0.29) is 31.1 Å². The van der Waals surface area contributed by atoms with Crippen molar-refractivity contribution >= 4 is 11.9 Å². The number of aliphatic hydroxyl groups excluding tert-OH is 1. The maximum atomic E-state index is 11.8. The summed E-state index contributed by atoms with van der Waals surface area (Å²) in [6.07, 6.45) is 2.88. The summed E-state index contributed by atoms with van der Waals surface area (Å²) in [6.45, 7) is 9.29. The molecule has 20 heavy (non-hydrogen) atoms. The van der Waals surface area contributed by atoms with E-state index in [0.717, 1.165) is 12.8 Å². The lowest BCUT2D eigenvalue weighted by molar-refractivity contribution is -0.139. The van der Waals surface area contributed by atoms with Gasteiger partial charge in [0.1, 0.15) is 0 Å². The molecule has 0 aliphatic rings.